The van der Waals surface area contributed by atoms with Gasteiger partial charge in [-0.25, -0.2) is 0 Å². The van der Waals surface area contributed by atoms with Crippen molar-refractivity contribution in [2.75, 3.05) is 0 Å². The molecule has 3 aromatic rings. The van der Waals surface area contributed by atoms with Crippen LogP contribution in [0.5, 0.6) is 0 Å². The van der Waals surface area contributed by atoms with Crippen LogP contribution in [0.15, 0.2) is 34.7 Å². The number of aryl methyl sites for hydroxylation is 1. The lowest BCUT2D eigenvalue weighted by Crippen LogP contribution is -2.38. The van der Waals surface area contributed by atoms with E-state index in [1.165, 1.54) is 12.8 Å². The minimum atomic E-state index is 0.00235. The van der Waals surface area contributed by atoms with Gasteiger partial charge in [-0.15, -0.1) is 0 Å². The summed E-state index contributed by atoms with van der Waals surface area (Å²) in [5.41, 5.74) is 3.29. The fourth-order valence-electron chi connectivity index (χ4n) is 3.72. The van der Waals surface area contributed by atoms with Gasteiger partial charge in [-0.05, 0) is 43.7 Å². The minimum Gasteiger partial charge on any atom is -0.454 e. The molecule has 1 aliphatic carbocycles. The molecule has 0 unspecified atom stereocenters. The van der Waals surface area contributed by atoms with Gasteiger partial charge in [0.2, 0.25) is 0 Å². The first-order chi connectivity index (χ1) is 11.1. The van der Waals surface area contributed by atoms with Crippen molar-refractivity contribution in [1.29, 1.82) is 0 Å². The van der Waals surface area contributed by atoms with E-state index in [-0.39, 0.29) is 5.91 Å². The van der Waals surface area contributed by atoms with E-state index in [0.29, 0.717) is 11.7 Å². The second-order valence-corrected chi connectivity index (χ2v) is 6.83. The van der Waals surface area contributed by atoms with Gasteiger partial charge in [-0.3, -0.25) is 4.79 Å². The number of carbonyl (C=O) groups is 1. The molecule has 23 heavy (non-hydrogen) atoms. The fraction of sp³-hybridized carbons (Fsp3) is 0.421. The van der Waals surface area contributed by atoms with Gasteiger partial charge in [0.15, 0.2) is 5.58 Å². The van der Waals surface area contributed by atoms with Crippen molar-refractivity contribution in [2.45, 2.75) is 38.6 Å². The van der Waals surface area contributed by atoms with Gasteiger partial charge in [0.1, 0.15) is 11.3 Å². The Hall–Kier alpha value is -2.23. The number of hydrogen-bond acceptors (Lipinski definition) is 2. The molecule has 1 amide bonds. The van der Waals surface area contributed by atoms with Crippen molar-refractivity contribution in [3.8, 4) is 0 Å². The van der Waals surface area contributed by atoms with Crippen LogP contribution in [-0.2, 0) is 7.05 Å². The monoisotopic (exact) mass is 310 g/mol. The number of nitrogens with zero attached hydrogens (tertiary/aromatic N) is 1. The molecule has 2 heterocycles. The number of rotatable bonds is 2. The molecule has 0 saturated heterocycles. The fourth-order valence-corrected chi connectivity index (χ4v) is 3.72. The second-order valence-electron chi connectivity index (χ2n) is 6.83. The van der Waals surface area contributed by atoms with Crippen molar-refractivity contribution in [2.24, 2.45) is 13.0 Å². The molecule has 1 N–H and O–H groups in total. The first-order valence-corrected chi connectivity index (χ1v) is 8.41. The summed E-state index contributed by atoms with van der Waals surface area (Å²) in [5, 5.41) is 4.25. The van der Waals surface area contributed by atoms with Crippen LogP contribution in [0.4, 0.5) is 0 Å². The predicted octanol–water partition coefficient (Wildman–Crippen LogP) is 4.23. The molecular formula is C19H22N2O2. The molecule has 0 aliphatic heterocycles. The average Bonchev–Trinajstić information content (AvgIpc) is 3.06. The maximum atomic E-state index is 12.6. The average molecular weight is 310 g/mol. The van der Waals surface area contributed by atoms with E-state index in [2.05, 4.69) is 12.2 Å². The molecule has 1 aromatic carbocycles. The Balaban J connectivity index is 1.63. The largest absolute Gasteiger partial charge is 0.454 e. The Bertz CT molecular complexity index is 866. The second kappa shape index (κ2) is 5.44. The lowest BCUT2D eigenvalue weighted by Gasteiger charge is -2.26. The van der Waals surface area contributed by atoms with E-state index in [4.69, 9.17) is 4.42 Å². The zero-order valence-corrected chi connectivity index (χ0v) is 13.6. The number of amides is 1. The Morgan fingerprint density at radius 2 is 1.91 bits per heavy atom. The molecule has 4 heteroatoms. The Morgan fingerprint density at radius 1 is 1.17 bits per heavy atom. The highest BCUT2D eigenvalue weighted by molar-refractivity contribution is 6.07. The third-order valence-electron chi connectivity index (χ3n) is 5.14. The van der Waals surface area contributed by atoms with E-state index >= 15 is 0 Å². The number of fused-ring (bicyclic) bond motifs is 3. The van der Waals surface area contributed by atoms with Crippen molar-refractivity contribution < 1.29 is 9.21 Å². The zero-order chi connectivity index (χ0) is 16.0. The summed E-state index contributed by atoms with van der Waals surface area (Å²) in [5.74, 6) is 0.787. The van der Waals surface area contributed by atoms with Gasteiger partial charge >= 0.3 is 0 Å². The van der Waals surface area contributed by atoms with Crippen LogP contribution in [0.3, 0.4) is 0 Å². The van der Waals surface area contributed by atoms with Crippen molar-refractivity contribution in [3.05, 3.63) is 36.0 Å². The quantitative estimate of drug-likeness (QED) is 0.770. The highest BCUT2D eigenvalue weighted by atomic mass is 16.3. The molecule has 1 saturated carbocycles. The number of furan rings is 1. The lowest BCUT2D eigenvalue weighted by atomic mass is 9.87. The number of nitrogens with one attached hydrogen (secondary N) is 1. The van der Waals surface area contributed by atoms with Gasteiger partial charge in [-0.1, -0.05) is 19.1 Å². The summed E-state index contributed by atoms with van der Waals surface area (Å²) >= 11 is 0. The Labute approximate surface area is 135 Å². The van der Waals surface area contributed by atoms with E-state index in [1.54, 1.807) is 0 Å². The van der Waals surface area contributed by atoms with Gasteiger partial charge in [0, 0.05) is 24.5 Å². The Morgan fingerprint density at radius 3 is 2.70 bits per heavy atom. The molecule has 0 radical (unpaired) electrons. The van der Waals surface area contributed by atoms with Crippen molar-refractivity contribution in [1.82, 2.24) is 9.88 Å². The topological polar surface area (TPSA) is 47.2 Å². The number of benzene rings is 1. The van der Waals surface area contributed by atoms with E-state index < -0.39 is 0 Å². The van der Waals surface area contributed by atoms with Crippen LogP contribution < -0.4 is 5.32 Å². The molecule has 120 valence electrons. The molecule has 4 nitrogen and oxygen atoms in total. The van der Waals surface area contributed by atoms with E-state index in [9.17, 15) is 4.79 Å². The number of para-hydroxylation sites is 1. The van der Waals surface area contributed by atoms with Gasteiger partial charge in [0.25, 0.3) is 5.91 Å². The summed E-state index contributed by atoms with van der Waals surface area (Å²) in [7, 11) is 1.93. The summed E-state index contributed by atoms with van der Waals surface area (Å²) < 4.78 is 7.81. The summed E-state index contributed by atoms with van der Waals surface area (Å²) in [6.45, 7) is 2.29. The van der Waals surface area contributed by atoms with Crippen LogP contribution in [0, 0.1) is 5.92 Å². The molecule has 1 aliphatic rings. The van der Waals surface area contributed by atoms with Gasteiger partial charge in [0.05, 0.1) is 5.52 Å². The number of carbonyl (C=O) groups excluding carboxylic acids is 1. The highest BCUT2D eigenvalue weighted by Crippen LogP contribution is 2.31. The number of aromatic nitrogens is 1. The molecule has 4 rings (SSSR count). The number of hydrogen-bond donors (Lipinski definition) is 1. The third-order valence-corrected chi connectivity index (χ3v) is 5.14. The lowest BCUT2D eigenvalue weighted by molar-refractivity contribution is 0.0915. The van der Waals surface area contributed by atoms with Gasteiger partial charge < -0.3 is 14.3 Å². The summed E-state index contributed by atoms with van der Waals surface area (Å²) in [6.07, 6.45) is 4.56. The Kier molecular flexibility index (Phi) is 3.40. The van der Waals surface area contributed by atoms with E-state index in [0.717, 1.165) is 40.8 Å². The van der Waals surface area contributed by atoms with Crippen molar-refractivity contribution >= 4 is 28.0 Å². The maximum Gasteiger partial charge on any atom is 0.268 e. The smallest absolute Gasteiger partial charge is 0.268 e. The molecule has 1 fully saturated rings. The zero-order valence-electron chi connectivity index (χ0n) is 13.6. The molecule has 0 spiro atoms. The van der Waals surface area contributed by atoms with Crippen LogP contribution in [-0.4, -0.2) is 16.5 Å². The molecule has 0 atom stereocenters. The summed E-state index contributed by atoms with van der Waals surface area (Å²) in [6, 6.07) is 10.1. The van der Waals surface area contributed by atoms with Crippen molar-refractivity contribution in [3.63, 3.8) is 0 Å². The predicted molar refractivity (Wildman–Crippen MR) is 91.6 cm³/mol. The SMILES string of the molecule is CC1CCC(NC(=O)c2cc3oc4ccccc4c3n2C)CC1. The normalized spacial score (nSPS) is 21.8. The first kappa shape index (κ1) is 14.4. The van der Waals surface area contributed by atoms with Crippen LogP contribution >= 0.6 is 0 Å². The molecule has 2 aromatic heterocycles. The van der Waals surface area contributed by atoms with Crippen LogP contribution in [0.25, 0.3) is 22.1 Å². The highest BCUT2D eigenvalue weighted by Gasteiger charge is 2.23. The van der Waals surface area contributed by atoms with Crippen LogP contribution in [0.1, 0.15) is 43.1 Å². The molecular weight excluding hydrogens is 288 g/mol. The van der Waals surface area contributed by atoms with E-state index in [1.807, 2.05) is 41.9 Å². The first-order valence-electron chi connectivity index (χ1n) is 8.41. The standard InChI is InChI=1S/C19H22N2O2/c1-12-7-9-13(10-8-12)20-19(22)15-11-17-18(21(15)2)14-5-3-4-6-16(14)23-17/h3-6,11-13H,7-10H2,1-2H3,(H,20,22). The maximum absolute atomic E-state index is 12.6. The van der Waals surface area contributed by atoms with Gasteiger partial charge in [-0.2, -0.15) is 0 Å². The van der Waals surface area contributed by atoms with Crippen LogP contribution in [0.2, 0.25) is 0 Å². The minimum absolute atomic E-state index is 0.00235. The third kappa shape index (κ3) is 2.42. The summed E-state index contributed by atoms with van der Waals surface area (Å²) in [4.78, 5) is 12.6. The molecule has 0 bridgehead atoms.